The maximum absolute atomic E-state index is 3.62. The molecule has 1 fully saturated rings. The first-order valence-electron chi connectivity index (χ1n) is 6.25. The lowest BCUT2D eigenvalue weighted by molar-refractivity contribution is 0.172. The highest BCUT2D eigenvalue weighted by Gasteiger charge is 2.22. The van der Waals surface area contributed by atoms with E-state index in [9.17, 15) is 0 Å². The summed E-state index contributed by atoms with van der Waals surface area (Å²) >= 11 is 0. The van der Waals surface area contributed by atoms with Gasteiger partial charge in [0.05, 0.1) is 0 Å². The zero-order valence-electron chi connectivity index (χ0n) is 10.8. The molecule has 0 saturated carbocycles. The van der Waals surface area contributed by atoms with Gasteiger partial charge in [-0.15, -0.1) is 0 Å². The average Bonchev–Trinajstić information content (AvgIpc) is 2.32. The molecule has 1 aliphatic heterocycles. The van der Waals surface area contributed by atoms with Crippen molar-refractivity contribution >= 4 is 0 Å². The first-order valence-corrected chi connectivity index (χ1v) is 6.25. The molecule has 1 heterocycles. The Hall–Kier alpha value is -0.120. The highest BCUT2D eigenvalue weighted by Crippen LogP contribution is 2.09. The molecule has 1 N–H and O–H groups in total. The number of rotatable bonds is 4. The molecule has 0 aromatic carbocycles. The van der Waals surface area contributed by atoms with Gasteiger partial charge in [-0.3, -0.25) is 4.90 Å². The van der Waals surface area contributed by atoms with Crippen LogP contribution >= 0.6 is 0 Å². The number of nitrogens with one attached hydrogen (secondary N) is 1. The van der Waals surface area contributed by atoms with E-state index in [0.717, 1.165) is 6.54 Å². The molecule has 0 spiro atoms. The normalized spacial score (nSPS) is 29.4. The van der Waals surface area contributed by atoms with Gasteiger partial charge in [0.25, 0.3) is 0 Å². The average molecular weight is 213 g/mol. The number of hydrogen-bond donors (Lipinski definition) is 1. The summed E-state index contributed by atoms with van der Waals surface area (Å²) in [5.41, 5.74) is 0. The standard InChI is InChI=1S/C12H27N3/c1-5-7-15-8-6-11(2)13-9-12(15)10-14(3)4/h11-13H,5-10H2,1-4H3. The predicted molar refractivity (Wildman–Crippen MR) is 66.3 cm³/mol. The first kappa shape index (κ1) is 12.9. The van der Waals surface area contributed by atoms with Crippen LogP contribution in [0.4, 0.5) is 0 Å². The maximum Gasteiger partial charge on any atom is 0.0347 e. The molecule has 1 aliphatic rings. The van der Waals surface area contributed by atoms with E-state index in [1.165, 1.54) is 32.5 Å². The van der Waals surface area contributed by atoms with Gasteiger partial charge >= 0.3 is 0 Å². The second kappa shape index (κ2) is 6.46. The van der Waals surface area contributed by atoms with Gasteiger partial charge in [0, 0.05) is 31.7 Å². The Labute approximate surface area is 94.8 Å². The number of nitrogens with zero attached hydrogens (tertiary/aromatic N) is 2. The van der Waals surface area contributed by atoms with Gasteiger partial charge in [-0.2, -0.15) is 0 Å². The summed E-state index contributed by atoms with van der Waals surface area (Å²) in [7, 11) is 4.33. The van der Waals surface area contributed by atoms with E-state index >= 15 is 0 Å². The van der Waals surface area contributed by atoms with E-state index in [1.54, 1.807) is 0 Å². The molecular weight excluding hydrogens is 186 g/mol. The predicted octanol–water partition coefficient (Wildman–Crippen LogP) is 1.01. The molecule has 0 aromatic rings. The zero-order valence-corrected chi connectivity index (χ0v) is 10.8. The Bertz CT molecular complexity index is 170. The molecule has 0 amide bonds. The first-order chi connectivity index (χ1) is 7.13. The molecule has 2 unspecified atom stereocenters. The lowest BCUT2D eigenvalue weighted by atomic mass is 10.2. The summed E-state index contributed by atoms with van der Waals surface area (Å²) in [4.78, 5) is 4.95. The van der Waals surface area contributed by atoms with Crippen LogP contribution in [-0.4, -0.2) is 62.2 Å². The minimum Gasteiger partial charge on any atom is -0.313 e. The Morgan fingerprint density at radius 3 is 2.73 bits per heavy atom. The molecule has 0 bridgehead atoms. The van der Waals surface area contributed by atoms with Gasteiger partial charge in [0.2, 0.25) is 0 Å². The van der Waals surface area contributed by atoms with Crippen molar-refractivity contribution in [2.75, 3.05) is 40.3 Å². The minimum absolute atomic E-state index is 0.677. The van der Waals surface area contributed by atoms with Crippen molar-refractivity contribution in [2.45, 2.75) is 38.8 Å². The van der Waals surface area contributed by atoms with Crippen molar-refractivity contribution in [3.05, 3.63) is 0 Å². The zero-order chi connectivity index (χ0) is 11.3. The van der Waals surface area contributed by atoms with Gasteiger partial charge < -0.3 is 10.2 Å². The van der Waals surface area contributed by atoms with Crippen LogP contribution in [0.25, 0.3) is 0 Å². The largest absolute Gasteiger partial charge is 0.313 e. The van der Waals surface area contributed by atoms with Crippen molar-refractivity contribution in [1.82, 2.24) is 15.1 Å². The third-order valence-electron chi connectivity index (χ3n) is 3.15. The molecule has 0 radical (unpaired) electrons. The number of likely N-dealkylation sites (N-methyl/N-ethyl adjacent to an activating group) is 1. The fraction of sp³-hybridized carbons (Fsp3) is 1.00. The fourth-order valence-electron chi connectivity index (χ4n) is 2.29. The highest BCUT2D eigenvalue weighted by molar-refractivity contribution is 4.82. The summed E-state index contributed by atoms with van der Waals surface area (Å²) in [6.45, 7) is 9.36. The van der Waals surface area contributed by atoms with E-state index in [4.69, 9.17) is 0 Å². The van der Waals surface area contributed by atoms with E-state index in [1.807, 2.05) is 0 Å². The fourth-order valence-corrected chi connectivity index (χ4v) is 2.29. The van der Waals surface area contributed by atoms with Crippen LogP contribution in [-0.2, 0) is 0 Å². The lowest BCUT2D eigenvalue weighted by Gasteiger charge is -2.31. The maximum atomic E-state index is 3.62. The molecule has 0 aliphatic carbocycles. The van der Waals surface area contributed by atoms with Gasteiger partial charge in [-0.25, -0.2) is 0 Å². The SMILES string of the molecule is CCCN1CCC(C)NCC1CN(C)C. The van der Waals surface area contributed by atoms with Crippen LogP contribution in [0.1, 0.15) is 26.7 Å². The quantitative estimate of drug-likeness (QED) is 0.752. The van der Waals surface area contributed by atoms with Crippen LogP contribution in [0.3, 0.4) is 0 Å². The minimum atomic E-state index is 0.677. The Morgan fingerprint density at radius 2 is 2.13 bits per heavy atom. The molecule has 3 nitrogen and oxygen atoms in total. The summed E-state index contributed by atoms with van der Waals surface area (Å²) in [5, 5.41) is 3.62. The van der Waals surface area contributed by atoms with Crippen LogP contribution < -0.4 is 5.32 Å². The summed E-state index contributed by atoms with van der Waals surface area (Å²) in [5.74, 6) is 0. The second-order valence-electron chi connectivity index (χ2n) is 5.05. The third kappa shape index (κ3) is 4.49. The monoisotopic (exact) mass is 213 g/mol. The summed E-state index contributed by atoms with van der Waals surface area (Å²) in [6, 6.07) is 1.36. The van der Waals surface area contributed by atoms with Crippen molar-refractivity contribution in [1.29, 1.82) is 0 Å². The topological polar surface area (TPSA) is 18.5 Å². The molecule has 3 heteroatoms. The lowest BCUT2D eigenvalue weighted by Crippen LogP contribution is -2.46. The van der Waals surface area contributed by atoms with E-state index in [2.05, 4.69) is 43.1 Å². The second-order valence-corrected chi connectivity index (χ2v) is 5.05. The Kier molecular flexibility index (Phi) is 5.58. The molecule has 1 saturated heterocycles. The molecule has 90 valence electrons. The smallest absolute Gasteiger partial charge is 0.0347 e. The van der Waals surface area contributed by atoms with Crippen molar-refractivity contribution in [3.63, 3.8) is 0 Å². The van der Waals surface area contributed by atoms with E-state index < -0.39 is 0 Å². The molecule has 15 heavy (non-hydrogen) atoms. The van der Waals surface area contributed by atoms with Crippen LogP contribution in [0.15, 0.2) is 0 Å². The van der Waals surface area contributed by atoms with Gasteiger partial charge in [-0.05, 0) is 40.4 Å². The van der Waals surface area contributed by atoms with Crippen LogP contribution in [0.5, 0.6) is 0 Å². The summed E-state index contributed by atoms with van der Waals surface area (Å²) in [6.07, 6.45) is 2.54. The third-order valence-corrected chi connectivity index (χ3v) is 3.15. The van der Waals surface area contributed by atoms with Crippen LogP contribution in [0, 0.1) is 0 Å². The Morgan fingerprint density at radius 1 is 1.40 bits per heavy atom. The van der Waals surface area contributed by atoms with Crippen molar-refractivity contribution < 1.29 is 0 Å². The van der Waals surface area contributed by atoms with E-state index in [0.29, 0.717) is 12.1 Å². The van der Waals surface area contributed by atoms with Gasteiger partial charge in [0.1, 0.15) is 0 Å². The van der Waals surface area contributed by atoms with Gasteiger partial charge in [-0.1, -0.05) is 6.92 Å². The molecule has 0 aromatic heterocycles. The molecule has 1 rings (SSSR count). The van der Waals surface area contributed by atoms with Crippen molar-refractivity contribution in [3.8, 4) is 0 Å². The summed E-state index contributed by atoms with van der Waals surface area (Å²) < 4.78 is 0. The van der Waals surface area contributed by atoms with E-state index in [-0.39, 0.29) is 0 Å². The number of hydrogen-bond acceptors (Lipinski definition) is 3. The van der Waals surface area contributed by atoms with Gasteiger partial charge in [0.15, 0.2) is 0 Å². The molecule has 2 atom stereocenters. The van der Waals surface area contributed by atoms with Crippen LogP contribution in [0.2, 0.25) is 0 Å². The van der Waals surface area contributed by atoms with Crippen molar-refractivity contribution in [2.24, 2.45) is 0 Å². The Balaban J connectivity index is 2.51. The molecular formula is C12H27N3. The highest BCUT2D eigenvalue weighted by atomic mass is 15.2.